The van der Waals surface area contributed by atoms with Crippen LogP contribution in [0.5, 0.6) is 0 Å². The molecule has 1 heterocycles. The monoisotopic (exact) mass is 282 g/mol. The molecule has 4 nitrogen and oxygen atoms in total. The summed E-state index contributed by atoms with van der Waals surface area (Å²) in [6, 6.07) is 5.60. The van der Waals surface area contributed by atoms with Crippen molar-refractivity contribution in [1.29, 1.82) is 0 Å². The number of hydrogen-bond donors (Lipinski definition) is 2. The van der Waals surface area contributed by atoms with E-state index in [1.165, 1.54) is 13.0 Å². The Labute approximate surface area is 113 Å². The Bertz CT molecular complexity index is 618. The van der Waals surface area contributed by atoms with Crippen LogP contribution in [0.15, 0.2) is 24.3 Å². The molecule has 1 aromatic carbocycles. The smallest absolute Gasteiger partial charge is 0.368 e. The Morgan fingerprint density at radius 1 is 1.10 bits per heavy atom. The summed E-state index contributed by atoms with van der Waals surface area (Å²) in [7, 11) is 0. The van der Waals surface area contributed by atoms with Crippen LogP contribution in [0.3, 0.4) is 0 Å². The number of nitrogens with two attached hydrogens (primary N) is 1. The molecule has 1 aromatic heterocycles. The first-order chi connectivity index (χ1) is 9.25. The summed E-state index contributed by atoms with van der Waals surface area (Å²) in [5, 5.41) is 2.79. The molecule has 0 saturated carbocycles. The number of halogens is 3. The number of benzene rings is 1. The summed E-state index contributed by atoms with van der Waals surface area (Å²) in [4.78, 5) is 7.81. The molecular weight excluding hydrogens is 269 g/mol. The Morgan fingerprint density at radius 2 is 1.80 bits per heavy atom. The molecule has 0 bridgehead atoms. The van der Waals surface area contributed by atoms with E-state index in [4.69, 9.17) is 5.73 Å². The second kappa shape index (κ2) is 4.99. The van der Waals surface area contributed by atoms with Crippen molar-refractivity contribution in [3.05, 3.63) is 41.1 Å². The summed E-state index contributed by atoms with van der Waals surface area (Å²) in [5.41, 5.74) is 5.90. The molecule has 0 saturated heterocycles. The third-order valence-electron chi connectivity index (χ3n) is 2.69. The van der Waals surface area contributed by atoms with Gasteiger partial charge in [0.25, 0.3) is 0 Å². The summed E-state index contributed by atoms with van der Waals surface area (Å²) in [6.07, 6.45) is -4.39. The maximum Gasteiger partial charge on any atom is 0.416 e. The highest BCUT2D eigenvalue weighted by Crippen LogP contribution is 2.33. The zero-order chi connectivity index (χ0) is 14.9. The normalized spacial score (nSPS) is 11.4. The SMILES string of the molecule is Cc1cc(Nc2ccc(C)c(C(F)(F)F)c2)nc(N)n1. The number of nitrogens with one attached hydrogen (secondary N) is 1. The van der Waals surface area contributed by atoms with E-state index in [2.05, 4.69) is 15.3 Å². The fourth-order valence-electron chi connectivity index (χ4n) is 1.81. The number of alkyl halides is 3. The van der Waals surface area contributed by atoms with Gasteiger partial charge in [-0.25, -0.2) is 4.98 Å². The number of rotatable bonds is 2. The van der Waals surface area contributed by atoms with Gasteiger partial charge in [-0.15, -0.1) is 0 Å². The predicted octanol–water partition coefficient (Wildman–Crippen LogP) is 3.44. The van der Waals surface area contributed by atoms with Crippen LogP contribution in [0.4, 0.5) is 30.6 Å². The molecule has 0 unspecified atom stereocenters. The van der Waals surface area contributed by atoms with E-state index in [0.717, 1.165) is 6.07 Å². The van der Waals surface area contributed by atoms with Gasteiger partial charge < -0.3 is 11.1 Å². The van der Waals surface area contributed by atoms with E-state index in [-0.39, 0.29) is 11.5 Å². The van der Waals surface area contributed by atoms with Crippen LogP contribution < -0.4 is 11.1 Å². The third-order valence-corrected chi connectivity index (χ3v) is 2.69. The minimum absolute atomic E-state index is 0.0654. The fourth-order valence-corrected chi connectivity index (χ4v) is 1.81. The zero-order valence-electron chi connectivity index (χ0n) is 10.9. The number of anilines is 3. The first-order valence-electron chi connectivity index (χ1n) is 5.82. The molecule has 0 atom stereocenters. The highest BCUT2D eigenvalue weighted by atomic mass is 19.4. The third kappa shape index (κ3) is 3.17. The second-order valence-electron chi connectivity index (χ2n) is 4.41. The van der Waals surface area contributed by atoms with Crippen molar-refractivity contribution >= 4 is 17.5 Å². The van der Waals surface area contributed by atoms with Gasteiger partial charge in [-0.05, 0) is 31.5 Å². The van der Waals surface area contributed by atoms with Crippen LogP contribution >= 0.6 is 0 Å². The molecule has 3 N–H and O–H groups in total. The number of hydrogen-bond acceptors (Lipinski definition) is 4. The second-order valence-corrected chi connectivity index (χ2v) is 4.41. The Balaban J connectivity index is 2.35. The maximum absolute atomic E-state index is 12.8. The van der Waals surface area contributed by atoms with Gasteiger partial charge in [0.05, 0.1) is 5.56 Å². The van der Waals surface area contributed by atoms with E-state index in [1.54, 1.807) is 19.1 Å². The molecule has 7 heteroatoms. The van der Waals surface area contributed by atoms with Crippen LogP contribution in [0.1, 0.15) is 16.8 Å². The molecule has 0 radical (unpaired) electrons. The molecular formula is C13H13F3N4. The molecule has 0 amide bonds. The van der Waals surface area contributed by atoms with Crippen molar-refractivity contribution in [2.24, 2.45) is 0 Å². The zero-order valence-corrected chi connectivity index (χ0v) is 10.9. The molecule has 2 rings (SSSR count). The highest BCUT2D eigenvalue weighted by molar-refractivity contribution is 5.59. The number of aromatic nitrogens is 2. The van der Waals surface area contributed by atoms with Crippen LogP contribution in [0.2, 0.25) is 0 Å². The average molecular weight is 282 g/mol. The van der Waals surface area contributed by atoms with Gasteiger partial charge in [-0.3, -0.25) is 0 Å². The Morgan fingerprint density at radius 3 is 2.40 bits per heavy atom. The van der Waals surface area contributed by atoms with E-state index in [1.807, 2.05) is 0 Å². The molecule has 0 aliphatic rings. The molecule has 0 spiro atoms. The van der Waals surface area contributed by atoms with E-state index >= 15 is 0 Å². The molecule has 0 aliphatic heterocycles. The minimum atomic E-state index is -4.39. The van der Waals surface area contributed by atoms with Crippen molar-refractivity contribution in [2.45, 2.75) is 20.0 Å². The Kier molecular flexibility index (Phi) is 3.52. The average Bonchev–Trinajstić information content (AvgIpc) is 2.29. The number of nitrogen functional groups attached to an aromatic ring is 1. The first kappa shape index (κ1) is 14.1. The van der Waals surface area contributed by atoms with Crippen LogP contribution in [-0.4, -0.2) is 9.97 Å². The predicted molar refractivity (Wildman–Crippen MR) is 70.6 cm³/mol. The van der Waals surface area contributed by atoms with Crippen LogP contribution in [0.25, 0.3) is 0 Å². The number of aryl methyl sites for hydroxylation is 2. The van der Waals surface area contributed by atoms with E-state index < -0.39 is 11.7 Å². The number of nitrogens with zero attached hydrogens (tertiary/aromatic N) is 2. The lowest BCUT2D eigenvalue weighted by atomic mass is 10.1. The van der Waals surface area contributed by atoms with Crippen molar-refractivity contribution in [3.8, 4) is 0 Å². The molecule has 20 heavy (non-hydrogen) atoms. The lowest BCUT2D eigenvalue weighted by Crippen LogP contribution is -2.08. The van der Waals surface area contributed by atoms with Crippen LogP contribution in [0, 0.1) is 13.8 Å². The van der Waals surface area contributed by atoms with Crippen molar-refractivity contribution in [2.75, 3.05) is 11.1 Å². The summed E-state index contributed by atoms with van der Waals surface area (Å²) >= 11 is 0. The minimum Gasteiger partial charge on any atom is -0.368 e. The lowest BCUT2D eigenvalue weighted by molar-refractivity contribution is -0.138. The van der Waals surface area contributed by atoms with Gasteiger partial charge in [0.1, 0.15) is 5.82 Å². The molecule has 106 valence electrons. The van der Waals surface area contributed by atoms with E-state index in [9.17, 15) is 13.2 Å². The largest absolute Gasteiger partial charge is 0.416 e. The van der Waals surface area contributed by atoms with Crippen LogP contribution in [-0.2, 0) is 6.18 Å². The maximum atomic E-state index is 12.8. The lowest BCUT2D eigenvalue weighted by Gasteiger charge is -2.13. The fraction of sp³-hybridized carbons (Fsp3) is 0.231. The van der Waals surface area contributed by atoms with Gasteiger partial charge in [0.2, 0.25) is 5.95 Å². The van der Waals surface area contributed by atoms with Crippen molar-refractivity contribution < 1.29 is 13.2 Å². The van der Waals surface area contributed by atoms with Gasteiger partial charge in [-0.1, -0.05) is 6.07 Å². The summed E-state index contributed by atoms with van der Waals surface area (Å²) in [5.74, 6) is 0.419. The standard InChI is InChI=1S/C13H13F3N4/c1-7-3-4-9(6-10(7)13(14,15)16)19-11-5-8(2)18-12(17)20-11/h3-6H,1-2H3,(H3,17,18,19,20). The Hall–Kier alpha value is -2.31. The van der Waals surface area contributed by atoms with Gasteiger partial charge in [0.15, 0.2) is 0 Å². The van der Waals surface area contributed by atoms with Crippen molar-refractivity contribution in [3.63, 3.8) is 0 Å². The van der Waals surface area contributed by atoms with Gasteiger partial charge in [0, 0.05) is 17.4 Å². The van der Waals surface area contributed by atoms with Gasteiger partial charge >= 0.3 is 6.18 Å². The van der Waals surface area contributed by atoms with Crippen molar-refractivity contribution in [1.82, 2.24) is 9.97 Å². The first-order valence-corrected chi connectivity index (χ1v) is 5.82. The summed E-state index contributed by atoms with van der Waals surface area (Å²) < 4.78 is 38.5. The van der Waals surface area contributed by atoms with Gasteiger partial charge in [-0.2, -0.15) is 18.2 Å². The quantitative estimate of drug-likeness (QED) is 0.885. The topological polar surface area (TPSA) is 63.8 Å². The van der Waals surface area contributed by atoms with E-state index in [0.29, 0.717) is 17.2 Å². The molecule has 0 fully saturated rings. The molecule has 2 aromatic rings. The molecule has 0 aliphatic carbocycles. The highest BCUT2D eigenvalue weighted by Gasteiger charge is 2.32. The summed E-state index contributed by atoms with van der Waals surface area (Å²) in [6.45, 7) is 3.14.